The van der Waals surface area contributed by atoms with Gasteiger partial charge in [-0.05, 0) is 42.7 Å². The van der Waals surface area contributed by atoms with Crippen molar-refractivity contribution >= 4 is 80.1 Å². The third-order valence-electron chi connectivity index (χ3n) is 5.04. The molecule has 2 heterocycles. The van der Waals surface area contributed by atoms with E-state index in [4.69, 9.17) is 21.3 Å². The zero-order valence-electron chi connectivity index (χ0n) is 17.7. The van der Waals surface area contributed by atoms with Gasteiger partial charge in [0.05, 0.1) is 29.2 Å². The van der Waals surface area contributed by atoms with E-state index in [1.54, 1.807) is 23.1 Å². The van der Waals surface area contributed by atoms with E-state index in [1.165, 1.54) is 11.8 Å². The zero-order valence-corrected chi connectivity index (χ0v) is 21.7. The molecular weight excluding hydrogens is 505 g/mol. The van der Waals surface area contributed by atoms with Gasteiger partial charge in [0.25, 0.3) is 0 Å². The predicted molar refractivity (Wildman–Crippen MR) is 140 cm³/mol. The molecule has 1 saturated heterocycles. The third kappa shape index (κ3) is 6.53. The normalized spacial score (nSPS) is 14.3. The van der Waals surface area contributed by atoms with E-state index in [0.717, 1.165) is 58.0 Å². The average Bonchev–Trinajstić information content (AvgIpc) is 3.23. The second-order valence-electron chi connectivity index (χ2n) is 7.05. The highest BCUT2D eigenvalue weighted by molar-refractivity contribution is 8.00. The Morgan fingerprint density at radius 2 is 1.97 bits per heavy atom. The van der Waals surface area contributed by atoms with Gasteiger partial charge in [-0.2, -0.15) is 0 Å². The smallest absolute Gasteiger partial charge is 0.239 e. The maximum absolute atomic E-state index is 13.3. The topological polar surface area (TPSA) is 45.7 Å². The van der Waals surface area contributed by atoms with Crippen molar-refractivity contribution < 1.29 is 9.53 Å². The highest BCUT2D eigenvalue weighted by atomic mass is 35.5. The second kappa shape index (κ2) is 12.5. The Morgan fingerprint density at radius 3 is 2.69 bits per heavy atom. The molecule has 0 aliphatic carbocycles. The van der Waals surface area contributed by atoms with Crippen molar-refractivity contribution in [2.45, 2.75) is 9.79 Å². The summed E-state index contributed by atoms with van der Waals surface area (Å²) in [7, 11) is 0. The van der Waals surface area contributed by atoms with Gasteiger partial charge >= 0.3 is 0 Å². The van der Waals surface area contributed by atoms with E-state index in [9.17, 15) is 4.79 Å². The second-order valence-corrected chi connectivity index (χ2v) is 10.4. The number of hydrogen-bond donors (Lipinski definition) is 0. The number of halogens is 2. The van der Waals surface area contributed by atoms with Gasteiger partial charge in [0.2, 0.25) is 5.91 Å². The van der Waals surface area contributed by atoms with E-state index >= 15 is 0 Å². The fourth-order valence-electron chi connectivity index (χ4n) is 3.34. The molecule has 32 heavy (non-hydrogen) atoms. The third-order valence-corrected chi connectivity index (χ3v) is 8.10. The van der Waals surface area contributed by atoms with Crippen LogP contribution in [0.25, 0.3) is 10.2 Å². The highest BCUT2D eigenvalue weighted by Crippen LogP contribution is 2.34. The number of fused-ring (bicyclic) bond motifs is 1. The molecule has 2 aromatic carbocycles. The monoisotopic (exact) mass is 529 g/mol. The lowest BCUT2D eigenvalue weighted by Crippen LogP contribution is -2.43. The minimum absolute atomic E-state index is 0. The maximum atomic E-state index is 13.3. The number of hydrogen-bond acceptors (Lipinski definition) is 7. The summed E-state index contributed by atoms with van der Waals surface area (Å²) in [6.07, 6.45) is 2.05. The number of benzene rings is 2. The molecular formula is C22H25Cl2N3O2S3. The van der Waals surface area contributed by atoms with Crippen molar-refractivity contribution in [3.05, 3.63) is 47.5 Å². The highest BCUT2D eigenvalue weighted by Gasteiger charge is 2.22. The molecule has 1 amide bonds. The molecule has 10 heteroatoms. The number of para-hydroxylation sites is 1. The summed E-state index contributed by atoms with van der Waals surface area (Å²) in [5.41, 5.74) is 0.976. The first kappa shape index (κ1) is 25.6. The van der Waals surface area contributed by atoms with Gasteiger partial charge in [-0.1, -0.05) is 29.0 Å². The lowest BCUT2D eigenvalue weighted by molar-refractivity contribution is -0.116. The van der Waals surface area contributed by atoms with Gasteiger partial charge < -0.3 is 4.74 Å². The molecule has 172 valence electrons. The van der Waals surface area contributed by atoms with Crippen LogP contribution in [-0.4, -0.2) is 67.2 Å². The zero-order chi connectivity index (χ0) is 21.6. The Bertz CT molecular complexity index is 1030. The van der Waals surface area contributed by atoms with Gasteiger partial charge in [-0.15, -0.1) is 35.9 Å². The number of aromatic nitrogens is 1. The van der Waals surface area contributed by atoms with Crippen LogP contribution < -0.4 is 4.90 Å². The molecule has 4 rings (SSSR count). The van der Waals surface area contributed by atoms with Crippen LogP contribution in [0.5, 0.6) is 0 Å². The Balaban J connectivity index is 0.00000289. The number of nitrogens with zero attached hydrogens (tertiary/aromatic N) is 3. The number of thiazole rings is 1. The molecule has 1 aliphatic heterocycles. The number of anilines is 1. The Morgan fingerprint density at radius 1 is 1.22 bits per heavy atom. The Labute approximate surface area is 212 Å². The molecule has 1 aliphatic rings. The number of morpholine rings is 1. The number of carbonyl (C=O) groups is 1. The summed E-state index contributed by atoms with van der Waals surface area (Å²) in [6.45, 7) is 4.73. The summed E-state index contributed by atoms with van der Waals surface area (Å²) in [6, 6.07) is 13.8. The SMILES string of the molecule is CSc1cccc2sc(N(CCN3CCOCC3)C(=O)CSc3ccc(Cl)cc3)nc12.Cl. The number of amides is 1. The summed E-state index contributed by atoms with van der Waals surface area (Å²) in [4.78, 5) is 24.5. The van der Waals surface area contributed by atoms with E-state index in [-0.39, 0.29) is 18.3 Å². The molecule has 0 atom stereocenters. The van der Waals surface area contributed by atoms with E-state index in [0.29, 0.717) is 17.3 Å². The molecule has 1 fully saturated rings. The quantitative estimate of drug-likeness (QED) is 0.356. The van der Waals surface area contributed by atoms with Gasteiger partial charge in [0, 0.05) is 41.0 Å². The summed E-state index contributed by atoms with van der Waals surface area (Å²) < 4.78 is 6.56. The summed E-state index contributed by atoms with van der Waals surface area (Å²) >= 11 is 10.8. The largest absolute Gasteiger partial charge is 0.379 e. The molecule has 3 aromatic rings. The lowest BCUT2D eigenvalue weighted by Gasteiger charge is -2.29. The van der Waals surface area contributed by atoms with Crippen LogP contribution in [0.1, 0.15) is 0 Å². The first-order valence-corrected chi connectivity index (χ1v) is 13.5. The number of ether oxygens (including phenoxy) is 1. The predicted octanol–water partition coefficient (Wildman–Crippen LogP) is 5.55. The van der Waals surface area contributed by atoms with Crippen molar-refractivity contribution in [2.75, 3.05) is 56.3 Å². The van der Waals surface area contributed by atoms with E-state index < -0.39 is 0 Å². The molecule has 0 saturated carbocycles. The van der Waals surface area contributed by atoms with E-state index in [1.807, 2.05) is 35.2 Å². The molecule has 0 bridgehead atoms. The molecule has 1 aromatic heterocycles. The minimum Gasteiger partial charge on any atom is -0.379 e. The van der Waals surface area contributed by atoms with Crippen LogP contribution in [0, 0.1) is 0 Å². The van der Waals surface area contributed by atoms with Crippen LogP contribution in [0.4, 0.5) is 5.13 Å². The standard InChI is InChI=1S/C22H24ClN3O2S3.ClH/c1-29-18-3-2-4-19-21(18)24-22(31-19)26(10-9-25-11-13-28-14-12-25)20(27)15-30-17-7-5-16(23)6-8-17;/h2-8H,9-15H2,1H3;1H. The molecule has 0 radical (unpaired) electrons. The molecule has 0 unspecified atom stereocenters. The van der Waals surface area contributed by atoms with Crippen LogP contribution >= 0.6 is 58.9 Å². The van der Waals surface area contributed by atoms with Crippen molar-refractivity contribution in [3.63, 3.8) is 0 Å². The number of thioether (sulfide) groups is 2. The van der Waals surface area contributed by atoms with Crippen LogP contribution in [0.3, 0.4) is 0 Å². The van der Waals surface area contributed by atoms with Gasteiger partial charge in [0.15, 0.2) is 5.13 Å². The molecule has 0 N–H and O–H groups in total. The average molecular weight is 531 g/mol. The van der Waals surface area contributed by atoms with Crippen LogP contribution in [0.15, 0.2) is 52.3 Å². The maximum Gasteiger partial charge on any atom is 0.239 e. The Kier molecular flexibility index (Phi) is 9.98. The number of carbonyl (C=O) groups excluding carboxylic acids is 1. The fourth-order valence-corrected chi connectivity index (χ4v) is 5.90. The Hall–Kier alpha value is -1.00. The van der Waals surface area contributed by atoms with Gasteiger partial charge in [-0.25, -0.2) is 4.98 Å². The number of rotatable bonds is 8. The van der Waals surface area contributed by atoms with E-state index in [2.05, 4.69) is 23.3 Å². The van der Waals surface area contributed by atoms with Gasteiger partial charge in [-0.3, -0.25) is 14.6 Å². The van der Waals surface area contributed by atoms with Gasteiger partial charge in [0.1, 0.15) is 0 Å². The van der Waals surface area contributed by atoms with Crippen molar-refractivity contribution in [3.8, 4) is 0 Å². The summed E-state index contributed by atoms with van der Waals surface area (Å²) in [5, 5.41) is 1.47. The van der Waals surface area contributed by atoms with Crippen LogP contribution in [0.2, 0.25) is 5.02 Å². The van der Waals surface area contributed by atoms with Crippen molar-refractivity contribution in [1.82, 2.24) is 9.88 Å². The summed E-state index contributed by atoms with van der Waals surface area (Å²) in [5.74, 6) is 0.425. The van der Waals surface area contributed by atoms with Crippen molar-refractivity contribution in [1.29, 1.82) is 0 Å². The first-order chi connectivity index (χ1) is 15.1. The molecule has 5 nitrogen and oxygen atoms in total. The fraction of sp³-hybridized carbons (Fsp3) is 0.364. The minimum atomic E-state index is 0. The molecule has 0 spiro atoms. The first-order valence-electron chi connectivity index (χ1n) is 10.1. The lowest BCUT2D eigenvalue weighted by atomic mass is 10.3. The van der Waals surface area contributed by atoms with Crippen LogP contribution in [-0.2, 0) is 9.53 Å². The van der Waals surface area contributed by atoms with Crippen molar-refractivity contribution in [2.24, 2.45) is 0 Å².